The predicted octanol–water partition coefficient (Wildman–Crippen LogP) is -0.704. The third-order valence-corrected chi connectivity index (χ3v) is 3.50. The normalized spacial score (nSPS) is 33.7. The van der Waals surface area contributed by atoms with Crippen LogP contribution in [-0.4, -0.2) is 60.3 Å². The van der Waals surface area contributed by atoms with Gasteiger partial charge in [0.25, 0.3) is 0 Å². The zero-order chi connectivity index (χ0) is 12.4. The van der Waals surface area contributed by atoms with Gasteiger partial charge in [0.15, 0.2) is 6.04 Å². The number of carboxylic acids is 1. The first-order valence-electron chi connectivity index (χ1n) is 5.95. The highest BCUT2D eigenvalue weighted by Crippen LogP contribution is 2.19. The van der Waals surface area contributed by atoms with Gasteiger partial charge in [-0.15, -0.1) is 0 Å². The van der Waals surface area contributed by atoms with E-state index in [1.165, 1.54) is 4.90 Å². The number of rotatable bonds is 2. The van der Waals surface area contributed by atoms with Crippen molar-refractivity contribution in [3.05, 3.63) is 0 Å². The van der Waals surface area contributed by atoms with E-state index in [9.17, 15) is 9.59 Å². The second kappa shape index (κ2) is 5.01. The molecule has 2 fully saturated rings. The van der Waals surface area contributed by atoms with Crippen molar-refractivity contribution in [1.82, 2.24) is 10.2 Å². The summed E-state index contributed by atoms with van der Waals surface area (Å²) in [5.41, 5.74) is 0. The zero-order valence-corrected chi connectivity index (χ0v) is 9.89. The average Bonchev–Trinajstić information content (AvgIpc) is 2.74. The van der Waals surface area contributed by atoms with Crippen LogP contribution in [0.3, 0.4) is 0 Å². The summed E-state index contributed by atoms with van der Waals surface area (Å²) < 4.78 is 5.12. The fourth-order valence-corrected chi connectivity index (χ4v) is 2.42. The summed E-state index contributed by atoms with van der Waals surface area (Å²) in [5, 5.41) is 12.2. The average molecular weight is 242 g/mol. The molecule has 1 amide bonds. The first-order valence-corrected chi connectivity index (χ1v) is 5.95. The molecule has 2 rings (SSSR count). The van der Waals surface area contributed by atoms with E-state index in [0.29, 0.717) is 13.2 Å². The van der Waals surface area contributed by atoms with Crippen LogP contribution in [-0.2, 0) is 14.3 Å². The Bertz CT molecular complexity index is 321. The van der Waals surface area contributed by atoms with Crippen molar-refractivity contribution >= 4 is 11.9 Å². The maximum atomic E-state index is 12.3. The largest absolute Gasteiger partial charge is 0.480 e. The standard InChI is InChI=1S/C11H18N2O4/c1-7-2-3-12-9(7)10(14)13-4-5-17-6-8(13)11(15)16/h7-9,12H,2-6H2,1H3,(H,15,16). The molecule has 2 saturated heterocycles. The smallest absolute Gasteiger partial charge is 0.328 e. The second-order valence-corrected chi connectivity index (χ2v) is 4.66. The number of nitrogens with zero attached hydrogens (tertiary/aromatic N) is 1. The van der Waals surface area contributed by atoms with Crippen LogP contribution in [0.15, 0.2) is 0 Å². The number of hydrogen-bond donors (Lipinski definition) is 2. The summed E-state index contributed by atoms with van der Waals surface area (Å²) >= 11 is 0. The molecule has 0 saturated carbocycles. The Balaban J connectivity index is 2.08. The van der Waals surface area contributed by atoms with Crippen molar-refractivity contribution in [2.75, 3.05) is 26.3 Å². The highest BCUT2D eigenvalue weighted by molar-refractivity contribution is 5.87. The Morgan fingerprint density at radius 1 is 1.47 bits per heavy atom. The molecule has 0 bridgehead atoms. The molecule has 2 aliphatic rings. The van der Waals surface area contributed by atoms with Gasteiger partial charge in [-0.1, -0.05) is 6.92 Å². The van der Waals surface area contributed by atoms with Crippen LogP contribution in [0.25, 0.3) is 0 Å². The second-order valence-electron chi connectivity index (χ2n) is 4.66. The maximum absolute atomic E-state index is 12.3. The lowest BCUT2D eigenvalue weighted by molar-refractivity contribution is -0.159. The lowest BCUT2D eigenvalue weighted by atomic mass is 10.0. The number of carbonyl (C=O) groups excluding carboxylic acids is 1. The quantitative estimate of drug-likeness (QED) is 0.669. The first kappa shape index (κ1) is 12.3. The van der Waals surface area contributed by atoms with Gasteiger partial charge in [0, 0.05) is 6.54 Å². The van der Waals surface area contributed by atoms with Gasteiger partial charge in [0.1, 0.15) is 0 Å². The Kier molecular flexibility index (Phi) is 3.63. The third kappa shape index (κ3) is 2.42. The third-order valence-electron chi connectivity index (χ3n) is 3.50. The molecule has 0 radical (unpaired) electrons. The molecule has 0 spiro atoms. The van der Waals surface area contributed by atoms with Crippen LogP contribution in [0.4, 0.5) is 0 Å². The minimum absolute atomic E-state index is 0.0855. The van der Waals surface area contributed by atoms with Gasteiger partial charge in [-0.3, -0.25) is 4.79 Å². The van der Waals surface area contributed by atoms with Gasteiger partial charge >= 0.3 is 5.97 Å². The molecule has 0 aromatic carbocycles. The minimum Gasteiger partial charge on any atom is -0.480 e. The molecule has 6 heteroatoms. The number of hydrogen-bond acceptors (Lipinski definition) is 4. The van der Waals surface area contributed by atoms with Crippen LogP contribution in [0.5, 0.6) is 0 Å². The molecular weight excluding hydrogens is 224 g/mol. The summed E-state index contributed by atoms with van der Waals surface area (Å²) in [6.07, 6.45) is 0.957. The number of amides is 1. The summed E-state index contributed by atoms with van der Waals surface area (Å²) in [6.45, 7) is 3.69. The summed E-state index contributed by atoms with van der Waals surface area (Å²) in [4.78, 5) is 24.8. The van der Waals surface area contributed by atoms with E-state index in [2.05, 4.69) is 5.32 Å². The van der Waals surface area contributed by atoms with Crippen LogP contribution in [0, 0.1) is 5.92 Å². The molecule has 2 aliphatic heterocycles. The van der Waals surface area contributed by atoms with E-state index < -0.39 is 12.0 Å². The van der Waals surface area contributed by atoms with Crippen molar-refractivity contribution in [2.24, 2.45) is 5.92 Å². The molecule has 0 aromatic heterocycles. The number of morpholine rings is 1. The number of carbonyl (C=O) groups is 2. The van der Waals surface area contributed by atoms with E-state index in [1.54, 1.807) is 0 Å². The van der Waals surface area contributed by atoms with Gasteiger partial charge in [-0.25, -0.2) is 4.79 Å². The van der Waals surface area contributed by atoms with E-state index in [1.807, 2.05) is 6.92 Å². The molecule has 0 aromatic rings. The van der Waals surface area contributed by atoms with Crippen LogP contribution < -0.4 is 5.32 Å². The Morgan fingerprint density at radius 2 is 2.24 bits per heavy atom. The van der Waals surface area contributed by atoms with Gasteiger partial charge in [-0.05, 0) is 18.9 Å². The fourth-order valence-electron chi connectivity index (χ4n) is 2.42. The SMILES string of the molecule is CC1CCNC1C(=O)N1CCOCC1C(=O)O. The number of aliphatic carboxylic acids is 1. The van der Waals surface area contributed by atoms with Crippen molar-refractivity contribution in [3.8, 4) is 0 Å². The van der Waals surface area contributed by atoms with Gasteiger partial charge < -0.3 is 20.1 Å². The van der Waals surface area contributed by atoms with Gasteiger partial charge in [0.2, 0.25) is 5.91 Å². The zero-order valence-electron chi connectivity index (χ0n) is 9.89. The molecule has 0 aliphatic carbocycles. The molecule has 96 valence electrons. The van der Waals surface area contributed by atoms with Gasteiger partial charge in [-0.2, -0.15) is 0 Å². The number of ether oxygens (including phenoxy) is 1. The van der Waals surface area contributed by atoms with Crippen LogP contribution in [0.1, 0.15) is 13.3 Å². The summed E-state index contributed by atoms with van der Waals surface area (Å²) in [6, 6.07) is -1.08. The highest BCUT2D eigenvalue weighted by atomic mass is 16.5. The lowest BCUT2D eigenvalue weighted by Gasteiger charge is -2.35. The molecule has 2 N–H and O–H groups in total. The van der Waals surface area contributed by atoms with Crippen molar-refractivity contribution in [1.29, 1.82) is 0 Å². The molecule has 17 heavy (non-hydrogen) atoms. The minimum atomic E-state index is -0.997. The Hall–Kier alpha value is -1.14. The summed E-state index contributed by atoms with van der Waals surface area (Å²) in [5.74, 6) is -0.839. The first-order chi connectivity index (χ1) is 8.11. The van der Waals surface area contributed by atoms with E-state index in [4.69, 9.17) is 9.84 Å². The molecule has 3 unspecified atom stereocenters. The molecule has 6 nitrogen and oxygen atoms in total. The summed E-state index contributed by atoms with van der Waals surface area (Å²) in [7, 11) is 0. The number of nitrogens with one attached hydrogen (secondary N) is 1. The Morgan fingerprint density at radius 3 is 2.82 bits per heavy atom. The van der Waals surface area contributed by atoms with E-state index >= 15 is 0 Å². The van der Waals surface area contributed by atoms with Crippen LogP contribution in [0.2, 0.25) is 0 Å². The predicted molar refractivity (Wildman–Crippen MR) is 59.5 cm³/mol. The topological polar surface area (TPSA) is 78.9 Å². The number of carboxylic acid groups (broad SMARTS) is 1. The molecule has 3 atom stereocenters. The fraction of sp³-hybridized carbons (Fsp3) is 0.818. The van der Waals surface area contributed by atoms with Crippen molar-refractivity contribution in [2.45, 2.75) is 25.4 Å². The van der Waals surface area contributed by atoms with E-state index in [0.717, 1.165) is 13.0 Å². The van der Waals surface area contributed by atoms with Gasteiger partial charge in [0.05, 0.1) is 19.3 Å². The lowest BCUT2D eigenvalue weighted by Crippen LogP contribution is -2.57. The van der Waals surface area contributed by atoms with Crippen molar-refractivity contribution in [3.63, 3.8) is 0 Å². The molecule has 2 heterocycles. The van der Waals surface area contributed by atoms with Crippen molar-refractivity contribution < 1.29 is 19.4 Å². The van der Waals surface area contributed by atoms with Crippen LogP contribution >= 0.6 is 0 Å². The van der Waals surface area contributed by atoms with E-state index in [-0.39, 0.29) is 24.5 Å². The maximum Gasteiger partial charge on any atom is 0.328 e. The Labute approximate surface area is 99.9 Å². The monoisotopic (exact) mass is 242 g/mol. The molecular formula is C11H18N2O4. The highest BCUT2D eigenvalue weighted by Gasteiger charge is 2.39.